The summed E-state index contributed by atoms with van der Waals surface area (Å²) in [5.74, 6) is 0.723. The molecule has 0 amide bonds. The minimum atomic E-state index is -0.823. The molecular formula is C11H16BrNO2. The highest BCUT2D eigenvalue weighted by atomic mass is 79.9. The molecule has 1 aromatic rings. The van der Waals surface area contributed by atoms with Gasteiger partial charge in [-0.15, -0.1) is 0 Å². The minimum Gasteiger partial charge on any atom is -0.491 e. The predicted octanol–water partition coefficient (Wildman–Crippen LogP) is 2.06. The number of nitrogens with two attached hydrogens (primary N) is 1. The fraction of sp³-hybridized carbons (Fsp3) is 0.455. The molecule has 3 nitrogen and oxygen atoms in total. The summed E-state index contributed by atoms with van der Waals surface area (Å²) in [6.07, 6.45) is 0. The lowest BCUT2D eigenvalue weighted by molar-refractivity contribution is 0.0284. The first-order valence-electron chi connectivity index (χ1n) is 4.76. The van der Waals surface area contributed by atoms with E-state index in [2.05, 4.69) is 15.9 Å². The van der Waals surface area contributed by atoms with Gasteiger partial charge in [-0.25, -0.2) is 0 Å². The first-order valence-corrected chi connectivity index (χ1v) is 5.55. The van der Waals surface area contributed by atoms with E-state index in [0.717, 1.165) is 15.8 Å². The van der Waals surface area contributed by atoms with Gasteiger partial charge in [-0.3, -0.25) is 0 Å². The fourth-order valence-corrected chi connectivity index (χ4v) is 1.47. The van der Waals surface area contributed by atoms with Crippen molar-refractivity contribution in [1.82, 2.24) is 0 Å². The fourth-order valence-electron chi connectivity index (χ4n) is 1.06. The Bertz CT molecular complexity index is 334. The van der Waals surface area contributed by atoms with E-state index in [1.165, 1.54) is 0 Å². The number of hydrogen-bond acceptors (Lipinski definition) is 3. The van der Waals surface area contributed by atoms with Crippen LogP contribution in [-0.4, -0.2) is 17.3 Å². The SMILES string of the molecule is CC(C)(O)COc1ccc(Br)c(CN)c1. The van der Waals surface area contributed by atoms with Crippen molar-refractivity contribution in [1.29, 1.82) is 0 Å². The molecule has 0 aliphatic rings. The number of halogens is 1. The molecule has 0 fully saturated rings. The van der Waals surface area contributed by atoms with E-state index in [4.69, 9.17) is 10.5 Å². The van der Waals surface area contributed by atoms with Gasteiger partial charge >= 0.3 is 0 Å². The Balaban J connectivity index is 2.70. The third-order valence-electron chi connectivity index (χ3n) is 1.83. The van der Waals surface area contributed by atoms with Gasteiger partial charge in [0.15, 0.2) is 0 Å². The van der Waals surface area contributed by atoms with Crippen molar-refractivity contribution < 1.29 is 9.84 Å². The third kappa shape index (κ3) is 4.20. The van der Waals surface area contributed by atoms with E-state index in [1.807, 2.05) is 18.2 Å². The molecule has 0 unspecified atom stereocenters. The van der Waals surface area contributed by atoms with Crippen molar-refractivity contribution in [3.8, 4) is 5.75 Å². The van der Waals surface area contributed by atoms with Crippen LogP contribution in [0.1, 0.15) is 19.4 Å². The van der Waals surface area contributed by atoms with E-state index in [-0.39, 0.29) is 6.61 Å². The molecule has 4 heteroatoms. The van der Waals surface area contributed by atoms with Crippen LogP contribution in [0, 0.1) is 0 Å². The molecule has 1 rings (SSSR count). The lowest BCUT2D eigenvalue weighted by atomic mass is 10.1. The summed E-state index contributed by atoms with van der Waals surface area (Å²) in [6.45, 7) is 4.13. The lowest BCUT2D eigenvalue weighted by Gasteiger charge is -2.18. The molecule has 1 aromatic carbocycles. The summed E-state index contributed by atoms with van der Waals surface area (Å²) >= 11 is 3.40. The zero-order valence-electron chi connectivity index (χ0n) is 8.96. The third-order valence-corrected chi connectivity index (χ3v) is 2.60. The van der Waals surface area contributed by atoms with Crippen molar-refractivity contribution in [2.45, 2.75) is 26.0 Å². The summed E-state index contributed by atoms with van der Waals surface area (Å²) < 4.78 is 6.41. The monoisotopic (exact) mass is 273 g/mol. The second-order valence-corrected chi connectivity index (χ2v) is 4.91. The number of benzene rings is 1. The van der Waals surface area contributed by atoms with Gasteiger partial charge in [0.05, 0.1) is 5.60 Å². The number of hydrogen-bond donors (Lipinski definition) is 2. The summed E-state index contributed by atoms with van der Waals surface area (Å²) in [7, 11) is 0. The predicted molar refractivity (Wildman–Crippen MR) is 63.8 cm³/mol. The van der Waals surface area contributed by atoms with Crippen LogP contribution in [-0.2, 0) is 6.54 Å². The van der Waals surface area contributed by atoms with Gasteiger partial charge in [-0.2, -0.15) is 0 Å². The van der Waals surface area contributed by atoms with Gasteiger partial charge < -0.3 is 15.6 Å². The summed E-state index contributed by atoms with van der Waals surface area (Å²) in [6, 6.07) is 5.60. The zero-order valence-corrected chi connectivity index (χ0v) is 10.5. The maximum Gasteiger partial charge on any atom is 0.119 e. The van der Waals surface area contributed by atoms with Crippen LogP contribution in [0.3, 0.4) is 0 Å². The van der Waals surface area contributed by atoms with Crippen LogP contribution >= 0.6 is 15.9 Å². The van der Waals surface area contributed by atoms with Crippen molar-refractivity contribution in [2.75, 3.05) is 6.61 Å². The molecule has 84 valence electrons. The normalized spacial score (nSPS) is 11.5. The highest BCUT2D eigenvalue weighted by Gasteiger charge is 2.13. The number of rotatable bonds is 4. The largest absolute Gasteiger partial charge is 0.491 e. The Hall–Kier alpha value is -0.580. The molecule has 0 aliphatic carbocycles. The molecule has 0 heterocycles. The molecule has 0 saturated heterocycles. The van der Waals surface area contributed by atoms with Gasteiger partial charge in [0, 0.05) is 11.0 Å². The van der Waals surface area contributed by atoms with Crippen LogP contribution in [0.15, 0.2) is 22.7 Å². The molecule has 0 bridgehead atoms. The second-order valence-electron chi connectivity index (χ2n) is 4.06. The van der Waals surface area contributed by atoms with E-state index < -0.39 is 5.60 Å². The highest BCUT2D eigenvalue weighted by Crippen LogP contribution is 2.22. The van der Waals surface area contributed by atoms with Gasteiger partial charge in [-0.1, -0.05) is 15.9 Å². The molecule has 0 spiro atoms. The summed E-state index contributed by atoms with van der Waals surface area (Å²) in [5, 5.41) is 9.50. The highest BCUT2D eigenvalue weighted by molar-refractivity contribution is 9.10. The van der Waals surface area contributed by atoms with Gasteiger partial charge in [-0.05, 0) is 37.6 Å². The molecule has 3 N–H and O–H groups in total. The molecule has 15 heavy (non-hydrogen) atoms. The maximum absolute atomic E-state index is 9.50. The van der Waals surface area contributed by atoms with Crippen LogP contribution in [0.2, 0.25) is 0 Å². The van der Waals surface area contributed by atoms with Crippen molar-refractivity contribution in [3.05, 3.63) is 28.2 Å². The molecule has 0 radical (unpaired) electrons. The van der Waals surface area contributed by atoms with Crippen LogP contribution in [0.25, 0.3) is 0 Å². The van der Waals surface area contributed by atoms with E-state index in [9.17, 15) is 5.11 Å². The average Bonchev–Trinajstić information content (AvgIpc) is 2.15. The van der Waals surface area contributed by atoms with Gasteiger partial charge in [0.2, 0.25) is 0 Å². The Labute approximate surface area is 98.4 Å². The van der Waals surface area contributed by atoms with Crippen molar-refractivity contribution >= 4 is 15.9 Å². The van der Waals surface area contributed by atoms with Gasteiger partial charge in [0.1, 0.15) is 12.4 Å². The van der Waals surface area contributed by atoms with Crippen LogP contribution < -0.4 is 10.5 Å². The second kappa shape index (κ2) is 4.96. The maximum atomic E-state index is 9.50. The average molecular weight is 274 g/mol. The van der Waals surface area contributed by atoms with E-state index in [1.54, 1.807) is 13.8 Å². The number of aliphatic hydroxyl groups is 1. The van der Waals surface area contributed by atoms with Crippen molar-refractivity contribution in [2.24, 2.45) is 5.73 Å². The standard InChI is InChI=1S/C11H16BrNO2/c1-11(2,14)7-15-9-3-4-10(12)8(5-9)6-13/h3-5,14H,6-7,13H2,1-2H3. The molecule has 0 atom stereocenters. The number of ether oxygens (including phenoxy) is 1. The first kappa shape index (κ1) is 12.5. The smallest absolute Gasteiger partial charge is 0.119 e. The van der Waals surface area contributed by atoms with Crippen LogP contribution in [0.4, 0.5) is 0 Å². The van der Waals surface area contributed by atoms with Gasteiger partial charge in [0.25, 0.3) is 0 Å². The first-order chi connectivity index (χ1) is 6.92. The summed E-state index contributed by atoms with van der Waals surface area (Å²) in [4.78, 5) is 0. The summed E-state index contributed by atoms with van der Waals surface area (Å²) in [5.41, 5.74) is 5.73. The van der Waals surface area contributed by atoms with E-state index >= 15 is 0 Å². The Kier molecular flexibility index (Phi) is 4.13. The Morgan fingerprint density at radius 2 is 2.13 bits per heavy atom. The molecule has 0 saturated carbocycles. The Morgan fingerprint density at radius 1 is 1.47 bits per heavy atom. The Morgan fingerprint density at radius 3 is 2.67 bits per heavy atom. The minimum absolute atomic E-state index is 0.263. The van der Waals surface area contributed by atoms with Crippen LogP contribution in [0.5, 0.6) is 5.75 Å². The topological polar surface area (TPSA) is 55.5 Å². The van der Waals surface area contributed by atoms with Crippen molar-refractivity contribution in [3.63, 3.8) is 0 Å². The van der Waals surface area contributed by atoms with E-state index in [0.29, 0.717) is 6.54 Å². The quantitative estimate of drug-likeness (QED) is 0.883. The molecular weight excluding hydrogens is 258 g/mol. The molecule has 0 aromatic heterocycles. The zero-order chi connectivity index (χ0) is 11.5. The molecule has 0 aliphatic heterocycles. The lowest BCUT2D eigenvalue weighted by Crippen LogP contribution is -2.27.